The van der Waals surface area contributed by atoms with Gasteiger partial charge >= 0.3 is 0 Å². The second-order valence-corrected chi connectivity index (χ2v) is 8.88. The molecule has 6 nitrogen and oxygen atoms in total. The van der Waals surface area contributed by atoms with E-state index in [1.165, 1.54) is 5.56 Å². The third-order valence-corrected chi connectivity index (χ3v) is 6.26. The van der Waals surface area contributed by atoms with Crippen LogP contribution in [-0.4, -0.2) is 43.5 Å². The van der Waals surface area contributed by atoms with E-state index < -0.39 is 0 Å². The zero-order chi connectivity index (χ0) is 22.1. The Labute approximate surface area is 191 Å². The van der Waals surface area contributed by atoms with Crippen molar-refractivity contribution in [2.45, 2.75) is 32.1 Å². The molecule has 32 heavy (non-hydrogen) atoms. The van der Waals surface area contributed by atoms with Crippen LogP contribution < -0.4 is 0 Å². The molecule has 1 aliphatic rings. The zero-order valence-corrected chi connectivity index (χ0v) is 18.7. The molecule has 1 aliphatic heterocycles. The van der Waals surface area contributed by atoms with Gasteiger partial charge in [-0.25, -0.2) is 9.50 Å². The molecule has 162 valence electrons. The van der Waals surface area contributed by atoms with Crippen molar-refractivity contribution in [2.24, 2.45) is 0 Å². The fourth-order valence-electron chi connectivity index (χ4n) is 4.31. The number of aryl methyl sites for hydroxylation is 1. The number of pyridine rings is 1. The summed E-state index contributed by atoms with van der Waals surface area (Å²) in [7, 11) is 0. The molecule has 1 fully saturated rings. The fraction of sp³-hybridized carbons (Fsp3) is 0.280. The number of benzene rings is 1. The van der Waals surface area contributed by atoms with Gasteiger partial charge in [-0.2, -0.15) is 5.10 Å². The lowest BCUT2D eigenvalue weighted by Crippen LogP contribution is -2.39. The zero-order valence-electron chi connectivity index (χ0n) is 17.9. The Kier molecular flexibility index (Phi) is 5.62. The van der Waals surface area contributed by atoms with E-state index in [9.17, 15) is 4.79 Å². The smallest absolute Gasteiger partial charge is 0.259 e. The number of fused-ring (bicyclic) bond motifs is 1. The molecule has 4 heterocycles. The van der Waals surface area contributed by atoms with E-state index in [1.54, 1.807) is 16.9 Å². The molecule has 0 bridgehead atoms. The Bertz CT molecular complexity index is 1250. The Morgan fingerprint density at radius 1 is 1.06 bits per heavy atom. The van der Waals surface area contributed by atoms with Crippen molar-refractivity contribution < 1.29 is 4.79 Å². The molecule has 1 amide bonds. The summed E-state index contributed by atoms with van der Waals surface area (Å²) in [6.07, 6.45) is 10.0. The van der Waals surface area contributed by atoms with Crippen LogP contribution in [0.3, 0.4) is 0 Å². The van der Waals surface area contributed by atoms with Crippen LogP contribution in [0.15, 0.2) is 61.2 Å². The molecule has 7 heteroatoms. The van der Waals surface area contributed by atoms with Crippen LogP contribution in [0.2, 0.25) is 5.02 Å². The number of nitrogens with zero attached hydrogens (tertiary/aromatic N) is 5. The molecule has 3 aromatic heterocycles. The van der Waals surface area contributed by atoms with Gasteiger partial charge in [-0.1, -0.05) is 29.8 Å². The van der Waals surface area contributed by atoms with Crippen molar-refractivity contribution in [1.29, 1.82) is 0 Å². The van der Waals surface area contributed by atoms with Gasteiger partial charge in [-0.15, -0.1) is 0 Å². The number of likely N-dealkylation sites (tertiary alicyclic amines) is 1. The van der Waals surface area contributed by atoms with Gasteiger partial charge in [-0.3, -0.25) is 9.78 Å². The maximum Gasteiger partial charge on any atom is 0.259 e. The van der Waals surface area contributed by atoms with Gasteiger partial charge in [-0.05, 0) is 61.1 Å². The summed E-state index contributed by atoms with van der Waals surface area (Å²) in [5.74, 6) is 0.217. The van der Waals surface area contributed by atoms with Gasteiger partial charge in [0.15, 0.2) is 5.65 Å². The number of rotatable bonds is 4. The molecule has 1 saturated heterocycles. The maximum absolute atomic E-state index is 13.2. The number of aromatic nitrogens is 4. The largest absolute Gasteiger partial charge is 0.338 e. The highest BCUT2D eigenvalue weighted by Crippen LogP contribution is 2.27. The number of carbonyl (C=O) groups excluding carboxylic acids is 1. The molecule has 0 unspecified atom stereocenters. The molecule has 4 aromatic rings. The molecule has 5 rings (SSSR count). The van der Waals surface area contributed by atoms with E-state index in [0.717, 1.165) is 47.7 Å². The van der Waals surface area contributed by atoms with Crippen molar-refractivity contribution in [3.05, 3.63) is 94.2 Å². The third kappa shape index (κ3) is 4.23. The van der Waals surface area contributed by atoms with E-state index >= 15 is 0 Å². The Balaban J connectivity index is 1.29. The number of amides is 1. The van der Waals surface area contributed by atoms with Crippen LogP contribution in [0, 0.1) is 6.92 Å². The van der Waals surface area contributed by atoms with Crippen LogP contribution in [0.5, 0.6) is 0 Å². The van der Waals surface area contributed by atoms with Crippen LogP contribution >= 0.6 is 11.6 Å². The first-order valence-electron chi connectivity index (χ1n) is 10.9. The van der Waals surface area contributed by atoms with E-state index in [4.69, 9.17) is 16.6 Å². The summed E-state index contributed by atoms with van der Waals surface area (Å²) in [5.41, 5.74) is 5.56. The lowest BCUT2D eigenvalue weighted by Gasteiger charge is -2.32. The average Bonchev–Trinajstić information content (AvgIpc) is 3.23. The summed E-state index contributed by atoms with van der Waals surface area (Å²) in [4.78, 5) is 24.3. The highest BCUT2D eigenvalue weighted by atomic mass is 35.5. The second kappa shape index (κ2) is 8.71. The van der Waals surface area contributed by atoms with E-state index in [0.29, 0.717) is 17.8 Å². The normalized spacial score (nSPS) is 16.4. The molecule has 0 spiro atoms. The van der Waals surface area contributed by atoms with Crippen molar-refractivity contribution >= 4 is 23.2 Å². The summed E-state index contributed by atoms with van der Waals surface area (Å²) in [6, 6.07) is 12.1. The van der Waals surface area contributed by atoms with E-state index in [-0.39, 0.29) is 11.8 Å². The predicted octanol–water partition coefficient (Wildman–Crippen LogP) is 4.70. The van der Waals surface area contributed by atoms with Crippen molar-refractivity contribution in [1.82, 2.24) is 24.5 Å². The predicted molar refractivity (Wildman–Crippen MR) is 124 cm³/mol. The minimum Gasteiger partial charge on any atom is -0.338 e. The number of carbonyl (C=O) groups is 1. The maximum atomic E-state index is 13.2. The molecule has 0 radical (unpaired) electrons. The van der Waals surface area contributed by atoms with Gasteiger partial charge in [0.25, 0.3) is 5.91 Å². The number of hydrogen-bond acceptors (Lipinski definition) is 4. The van der Waals surface area contributed by atoms with Crippen LogP contribution in [0.25, 0.3) is 5.65 Å². The highest BCUT2D eigenvalue weighted by Gasteiger charge is 2.28. The monoisotopic (exact) mass is 445 g/mol. The first-order valence-corrected chi connectivity index (χ1v) is 11.2. The SMILES string of the molecule is Cc1cnc2c(C(=O)N3CCC[C@H](c4ccc(Cc5ccc(Cl)cc5)cn4)C3)cnn2c1. The summed E-state index contributed by atoms with van der Waals surface area (Å²) < 4.78 is 1.67. The average molecular weight is 446 g/mol. The fourth-order valence-corrected chi connectivity index (χ4v) is 4.44. The molecule has 0 saturated carbocycles. The van der Waals surface area contributed by atoms with Gasteiger partial charge in [0.1, 0.15) is 5.56 Å². The Hall–Kier alpha value is -3.25. The quantitative estimate of drug-likeness (QED) is 0.457. The molecule has 1 atom stereocenters. The standard InChI is InChI=1S/C25H24ClN5O/c1-17-12-28-24-22(14-29-31(24)15-17)25(32)30-10-2-3-20(16-30)23-9-6-19(13-27-23)11-18-4-7-21(26)8-5-18/h4-9,12-15,20H,2-3,10-11,16H2,1H3/t20-/m0/s1. The molecule has 0 N–H and O–H groups in total. The van der Waals surface area contributed by atoms with E-state index in [2.05, 4.69) is 22.2 Å². The molecular weight excluding hydrogens is 422 g/mol. The van der Waals surface area contributed by atoms with E-state index in [1.807, 2.05) is 48.5 Å². The summed E-state index contributed by atoms with van der Waals surface area (Å²) >= 11 is 5.97. The topological polar surface area (TPSA) is 63.4 Å². The molecule has 1 aromatic carbocycles. The molecular formula is C25H24ClN5O. The van der Waals surface area contributed by atoms with Crippen LogP contribution in [0.1, 0.15) is 51.5 Å². The Morgan fingerprint density at radius 2 is 1.88 bits per heavy atom. The van der Waals surface area contributed by atoms with Gasteiger partial charge in [0, 0.05) is 48.3 Å². The lowest BCUT2D eigenvalue weighted by molar-refractivity contribution is 0.0707. The third-order valence-electron chi connectivity index (χ3n) is 6.01. The van der Waals surface area contributed by atoms with Crippen LogP contribution in [-0.2, 0) is 6.42 Å². The number of piperidine rings is 1. The van der Waals surface area contributed by atoms with Gasteiger partial charge in [0.2, 0.25) is 0 Å². The van der Waals surface area contributed by atoms with Crippen LogP contribution in [0.4, 0.5) is 0 Å². The highest BCUT2D eigenvalue weighted by molar-refractivity contribution is 6.30. The first-order chi connectivity index (χ1) is 15.6. The van der Waals surface area contributed by atoms with Gasteiger partial charge < -0.3 is 4.90 Å². The minimum absolute atomic E-state index is 0.0135. The van der Waals surface area contributed by atoms with Crippen molar-refractivity contribution in [3.8, 4) is 0 Å². The number of halogens is 1. The minimum atomic E-state index is -0.0135. The van der Waals surface area contributed by atoms with Crippen molar-refractivity contribution in [2.75, 3.05) is 13.1 Å². The Morgan fingerprint density at radius 3 is 2.66 bits per heavy atom. The summed E-state index contributed by atoms with van der Waals surface area (Å²) in [5, 5.41) is 5.05. The molecule has 0 aliphatic carbocycles. The summed E-state index contributed by atoms with van der Waals surface area (Å²) in [6.45, 7) is 3.36. The second-order valence-electron chi connectivity index (χ2n) is 8.44. The lowest BCUT2D eigenvalue weighted by atomic mass is 9.93. The number of hydrogen-bond donors (Lipinski definition) is 0. The van der Waals surface area contributed by atoms with Gasteiger partial charge in [0.05, 0.1) is 6.20 Å². The first kappa shape index (κ1) is 20.6. The van der Waals surface area contributed by atoms with Crippen molar-refractivity contribution in [3.63, 3.8) is 0 Å².